The van der Waals surface area contributed by atoms with E-state index in [-0.39, 0.29) is 5.91 Å². The van der Waals surface area contributed by atoms with Crippen molar-refractivity contribution >= 4 is 57.1 Å². The highest BCUT2D eigenvalue weighted by atomic mass is 79.9. The van der Waals surface area contributed by atoms with Gasteiger partial charge in [-0.3, -0.25) is 9.36 Å². The number of halogens is 2. The predicted molar refractivity (Wildman–Crippen MR) is 181 cm³/mol. The van der Waals surface area contributed by atoms with Gasteiger partial charge >= 0.3 is 0 Å². The van der Waals surface area contributed by atoms with Crippen LogP contribution in [0, 0.1) is 6.92 Å². The smallest absolute Gasteiger partial charge is 0.253 e. The molecule has 4 aromatic carbocycles. The minimum atomic E-state index is -0.499. The van der Waals surface area contributed by atoms with Gasteiger partial charge in [-0.25, -0.2) is 5.43 Å². The second kappa shape index (κ2) is 15.1. The lowest BCUT2D eigenvalue weighted by Crippen LogP contribution is -2.27. The fourth-order valence-corrected chi connectivity index (χ4v) is 5.86. The molecule has 0 bridgehead atoms. The highest BCUT2D eigenvalue weighted by molar-refractivity contribution is 9.10. The molecule has 44 heavy (non-hydrogen) atoms. The summed E-state index contributed by atoms with van der Waals surface area (Å²) < 4.78 is 8.97. The number of anilines is 1. The molecule has 1 atom stereocenters. The molecule has 11 heteroatoms. The zero-order valence-corrected chi connectivity index (χ0v) is 27.2. The second-order valence-electron chi connectivity index (χ2n) is 9.83. The summed E-state index contributed by atoms with van der Waals surface area (Å²) in [4.78, 5) is 13.0. The van der Waals surface area contributed by atoms with E-state index in [9.17, 15) is 4.79 Å². The summed E-state index contributed by atoms with van der Waals surface area (Å²) in [5.41, 5.74) is 7.32. The molecule has 0 aliphatic rings. The number of nitrogens with zero attached hydrogens (tertiary/aromatic N) is 4. The third kappa shape index (κ3) is 8.28. The van der Waals surface area contributed by atoms with E-state index in [1.54, 1.807) is 6.21 Å². The second-order valence-corrected chi connectivity index (χ2v) is 12.5. The van der Waals surface area contributed by atoms with E-state index in [1.807, 2.05) is 115 Å². The number of carbonyl (C=O) groups excluding carboxylic acids is 1. The molecule has 224 valence electrons. The maximum Gasteiger partial charge on any atom is 0.253 e. The molecule has 0 saturated carbocycles. The van der Waals surface area contributed by atoms with E-state index < -0.39 is 5.25 Å². The molecular weight excluding hydrogens is 660 g/mol. The molecule has 2 N–H and O–H groups in total. The summed E-state index contributed by atoms with van der Waals surface area (Å²) in [7, 11) is 0. The first-order valence-corrected chi connectivity index (χ1v) is 15.9. The number of hydrazone groups is 1. The van der Waals surface area contributed by atoms with Crippen molar-refractivity contribution in [1.29, 1.82) is 0 Å². The topological polar surface area (TPSA) is 93.4 Å². The average Bonchev–Trinajstić information content (AvgIpc) is 3.42. The number of rotatable bonds is 12. The van der Waals surface area contributed by atoms with Crippen molar-refractivity contribution in [2.45, 2.75) is 37.4 Å². The molecular formula is C33H30BrClN6O2S. The molecule has 1 aromatic heterocycles. The first-order chi connectivity index (χ1) is 21.4. The molecule has 0 aliphatic carbocycles. The van der Waals surface area contributed by atoms with Crippen LogP contribution in [0.3, 0.4) is 0 Å². The number of benzene rings is 4. The minimum Gasteiger partial charge on any atom is -0.488 e. The van der Waals surface area contributed by atoms with Crippen molar-refractivity contribution in [1.82, 2.24) is 20.2 Å². The van der Waals surface area contributed by atoms with E-state index in [1.165, 1.54) is 11.8 Å². The van der Waals surface area contributed by atoms with E-state index in [2.05, 4.69) is 42.0 Å². The lowest BCUT2D eigenvalue weighted by atomic mass is 10.2. The van der Waals surface area contributed by atoms with Gasteiger partial charge in [0.25, 0.3) is 5.91 Å². The highest BCUT2D eigenvalue weighted by Gasteiger charge is 2.21. The van der Waals surface area contributed by atoms with Crippen LogP contribution in [0.1, 0.15) is 29.4 Å². The Hall–Kier alpha value is -4.12. The van der Waals surface area contributed by atoms with Gasteiger partial charge in [0.05, 0.1) is 18.0 Å². The van der Waals surface area contributed by atoms with Crippen LogP contribution >= 0.6 is 39.3 Å². The number of hydrogen-bond donors (Lipinski definition) is 2. The van der Waals surface area contributed by atoms with Gasteiger partial charge in [0.15, 0.2) is 11.0 Å². The molecule has 8 nitrogen and oxygen atoms in total. The van der Waals surface area contributed by atoms with Gasteiger partial charge in [-0.2, -0.15) is 5.10 Å². The molecule has 5 rings (SSSR count). The van der Waals surface area contributed by atoms with Gasteiger partial charge in [-0.05, 0) is 79.6 Å². The van der Waals surface area contributed by atoms with Gasteiger partial charge in [-0.15, -0.1) is 10.2 Å². The number of hydrogen-bond acceptors (Lipinski definition) is 7. The molecule has 0 spiro atoms. The first-order valence-electron chi connectivity index (χ1n) is 13.8. The SMILES string of the molecule is Cc1cc(Cl)ccc1NCc1nnc(S[C@H](C)C(=O)NN=Cc2ccccc2OCc2cccc(Br)c2)n1-c1ccccc1. The van der Waals surface area contributed by atoms with Crippen LogP contribution in [0.2, 0.25) is 5.02 Å². The number of aryl methyl sites for hydroxylation is 1. The van der Waals surface area contributed by atoms with E-state index in [0.717, 1.165) is 32.5 Å². The summed E-state index contributed by atoms with van der Waals surface area (Å²) in [6.07, 6.45) is 1.58. The van der Waals surface area contributed by atoms with E-state index in [0.29, 0.717) is 34.9 Å². The zero-order chi connectivity index (χ0) is 30.9. The molecule has 5 aromatic rings. The molecule has 0 saturated heterocycles. The van der Waals surface area contributed by atoms with Gasteiger partial charge in [0.2, 0.25) is 0 Å². The number of thioether (sulfide) groups is 1. The van der Waals surface area contributed by atoms with Gasteiger partial charge in [-0.1, -0.05) is 81.8 Å². The number of ether oxygens (including phenoxy) is 1. The van der Waals surface area contributed by atoms with Crippen LogP contribution in [0.15, 0.2) is 112 Å². The number of amides is 1. The van der Waals surface area contributed by atoms with Gasteiger partial charge < -0.3 is 10.1 Å². The van der Waals surface area contributed by atoms with E-state index >= 15 is 0 Å². The normalized spacial score (nSPS) is 11.8. The average molecular weight is 690 g/mol. The summed E-state index contributed by atoms with van der Waals surface area (Å²) in [6, 6.07) is 31.0. The summed E-state index contributed by atoms with van der Waals surface area (Å²) in [6.45, 7) is 4.64. The quantitative estimate of drug-likeness (QED) is 0.0789. The van der Waals surface area contributed by atoms with Crippen LogP contribution in [0.25, 0.3) is 5.69 Å². The van der Waals surface area contributed by atoms with Crippen LogP contribution in [-0.4, -0.2) is 32.1 Å². The van der Waals surface area contributed by atoms with Crippen molar-refractivity contribution < 1.29 is 9.53 Å². The Morgan fingerprint density at radius 1 is 1.05 bits per heavy atom. The zero-order valence-electron chi connectivity index (χ0n) is 24.1. The van der Waals surface area contributed by atoms with Crippen molar-refractivity contribution in [3.05, 3.63) is 129 Å². The maximum atomic E-state index is 13.0. The third-order valence-electron chi connectivity index (χ3n) is 6.57. The third-order valence-corrected chi connectivity index (χ3v) is 8.34. The predicted octanol–water partition coefficient (Wildman–Crippen LogP) is 7.81. The Bertz CT molecular complexity index is 1760. The Balaban J connectivity index is 1.24. The number of nitrogens with one attached hydrogen (secondary N) is 2. The highest BCUT2D eigenvalue weighted by Crippen LogP contribution is 2.27. The Labute approximate surface area is 274 Å². The van der Waals surface area contributed by atoms with Gasteiger partial charge in [0, 0.05) is 26.4 Å². The molecule has 0 fully saturated rings. The Morgan fingerprint density at radius 3 is 2.64 bits per heavy atom. The molecule has 0 aliphatic heterocycles. The fourth-order valence-electron chi connectivity index (χ4n) is 4.30. The monoisotopic (exact) mass is 688 g/mol. The number of para-hydroxylation sites is 2. The minimum absolute atomic E-state index is 0.266. The largest absolute Gasteiger partial charge is 0.488 e. The Kier molecular flexibility index (Phi) is 10.7. The Morgan fingerprint density at radius 2 is 1.84 bits per heavy atom. The van der Waals surface area contributed by atoms with Crippen molar-refractivity contribution in [3.63, 3.8) is 0 Å². The summed E-state index contributed by atoms with van der Waals surface area (Å²) >= 11 is 10.9. The molecule has 1 heterocycles. The van der Waals surface area contributed by atoms with Crippen LogP contribution < -0.4 is 15.5 Å². The molecule has 1 amide bonds. The van der Waals surface area contributed by atoms with Crippen LogP contribution in [0.5, 0.6) is 5.75 Å². The van der Waals surface area contributed by atoms with Crippen molar-refractivity contribution in [3.8, 4) is 11.4 Å². The van der Waals surface area contributed by atoms with Crippen LogP contribution in [-0.2, 0) is 17.9 Å². The van der Waals surface area contributed by atoms with Crippen LogP contribution in [0.4, 0.5) is 5.69 Å². The van der Waals surface area contributed by atoms with Gasteiger partial charge in [0.1, 0.15) is 12.4 Å². The fraction of sp³-hybridized carbons (Fsp3) is 0.152. The molecule has 0 unspecified atom stereocenters. The summed E-state index contributed by atoms with van der Waals surface area (Å²) in [5, 5.41) is 17.3. The maximum absolute atomic E-state index is 13.0. The van der Waals surface area contributed by atoms with Crippen molar-refractivity contribution in [2.24, 2.45) is 5.10 Å². The lowest BCUT2D eigenvalue weighted by Gasteiger charge is -2.14. The van der Waals surface area contributed by atoms with Crippen molar-refractivity contribution in [2.75, 3.05) is 5.32 Å². The summed E-state index contributed by atoms with van der Waals surface area (Å²) in [5.74, 6) is 1.11. The van der Waals surface area contributed by atoms with E-state index in [4.69, 9.17) is 16.3 Å². The number of aromatic nitrogens is 3. The molecule has 0 radical (unpaired) electrons. The standard InChI is InChI=1S/C33H30BrClN6O2S/c1-22-17-27(35)15-16-29(22)36-20-31-38-40-33(41(31)28-12-4-3-5-13-28)44-23(2)32(42)39-37-19-25-10-6-7-14-30(25)43-21-24-9-8-11-26(34)18-24/h3-19,23,36H,20-21H2,1-2H3,(H,39,42)/t23-/m1/s1. The first kappa shape index (κ1) is 31.3. The lowest BCUT2D eigenvalue weighted by molar-refractivity contribution is -0.120. The number of carbonyl (C=O) groups is 1.